The van der Waals surface area contributed by atoms with Gasteiger partial charge in [-0.05, 0) is 18.2 Å². The van der Waals surface area contributed by atoms with Gasteiger partial charge in [-0.1, -0.05) is 18.2 Å². The first-order valence-electron chi connectivity index (χ1n) is 8.39. The van der Waals surface area contributed by atoms with Crippen molar-refractivity contribution in [2.24, 2.45) is 0 Å². The molecular formula is C18H21N5O3. The molecule has 1 aliphatic rings. The van der Waals surface area contributed by atoms with Crippen molar-refractivity contribution in [3.05, 3.63) is 47.7 Å². The van der Waals surface area contributed by atoms with Crippen molar-refractivity contribution in [2.75, 3.05) is 38.2 Å². The summed E-state index contributed by atoms with van der Waals surface area (Å²) in [6.45, 7) is 3.07. The number of hydrogen-bond donors (Lipinski definition) is 1. The van der Waals surface area contributed by atoms with E-state index < -0.39 is 0 Å². The van der Waals surface area contributed by atoms with E-state index in [1.165, 1.54) is 0 Å². The Morgan fingerprint density at radius 1 is 1.15 bits per heavy atom. The molecule has 1 saturated heterocycles. The number of methoxy groups -OCH3 is 1. The SMILES string of the molecule is COc1ccccc1CNC(=O)c1ccc(N2CCN(C=O)CC2)nn1. The van der Waals surface area contributed by atoms with Gasteiger partial charge in [-0.3, -0.25) is 9.59 Å². The van der Waals surface area contributed by atoms with Crippen LogP contribution >= 0.6 is 0 Å². The molecule has 0 radical (unpaired) electrons. The molecule has 1 aromatic carbocycles. The first-order valence-corrected chi connectivity index (χ1v) is 8.39. The first kappa shape index (κ1) is 17.7. The van der Waals surface area contributed by atoms with Crippen LogP contribution < -0.4 is 15.0 Å². The lowest BCUT2D eigenvalue weighted by atomic mass is 10.2. The van der Waals surface area contributed by atoms with Crippen molar-refractivity contribution in [1.29, 1.82) is 0 Å². The van der Waals surface area contributed by atoms with Crippen molar-refractivity contribution in [2.45, 2.75) is 6.54 Å². The van der Waals surface area contributed by atoms with E-state index >= 15 is 0 Å². The quantitative estimate of drug-likeness (QED) is 0.768. The fraction of sp³-hybridized carbons (Fsp3) is 0.333. The van der Waals surface area contributed by atoms with Crippen molar-refractivity contribution in [3.8, 4) is 5.75 Å². The number of benzene rings is 1. The van der Waals surface area contributed by atoms with Gasteiger partial charge in [0.25, 0.3) is 5.91 Å². The number of para-hydroxylation sites is 1. The highest BCUT2D eigenvalue weighted by Gasteiger charge is 2.17. The van der Waals surface area contributed by atoms with Gasteiger partial charge in [0.2, 0.25) is 6.41 Å². The molecule has 2 aromatic rings. The molecule has 2 heterocycles. The van der Waals surface area contributed by atoms with Crippen molar-refractivity contribution in [1.82, 2.24) is 20.4 Å². The van der Waals surface area contributed by atoms with Gasteiger partial charge in [-0.15, -0.1) is 10.2 Å². The highest BCUT2D eigenvalue weighted by Crippen LogP contribution is 2.17. The minimum Gasteiger partial charge on any atom is -0.496 e. The molecule has 0 atom stereocenters. The maximum atomic E-state index is 12.3. The van der Waals surface area contributed by atoms with Gasteiger partial charge in [0, 0.05) is 38.3 Å². The molecule has 8 nitrogen and oxygen atoms in total. The molecule has 26 heavy (non-hydrogen) atoms. The maximum absolute atomic E-state index is 12.3. The van der Waals surface area contributed by atoms with Gasteiger partial charge in [-0.2, -0.15) is 0 Å². The molecule has 3 rings (SSSR count). The number of nitrogens with zero attached hydrogens (tertiary/aromatic N) is 4. The maximum Gasteiger partial charge on any atom is 0.272 e. The molecule has 0 spiro atoms. The van der Waals surface area contributed by atoms with Crippen LogP contribution in [0.25, 0.3) is 0 Å². The molecule has 136 valence electrons. The van der Waals surface area contributed by atoms with Crippen LogP contribution in [-0.2, 0) is 11.3 Å². The minimum atomic E-state index is -0.291. The van der Waals surface area contributed by atoms with Gasteiger partial charge in [0.15, 0.2) is 11.5 Å². The predicted molar refractivity (Wildman–Crippen MR) is 96.0 cm³/mol. The van der Waals surface area contributed by atoms with Gasteiger partial charge >= 0.3 is 0 Å². The van der Waals surface area contributed by atoms with E-state index in [-0.39, 0.29) is 11.6 Å². The van der Waals surface area contributed by atoms with Crippen LogP contribution in [-0.4, -0.2) is 60.7 Å². The zero-order valence-electron chi connectivity index (χ0n) is 14.6. The topological polar surface area (TPSA) is 87.7 Å². The van der Waals surface area contributed by atoms with Gasteiger partial charge in [-0.25, -0.2) is 0 Å². The van der Waals surface area contributed by atoms with E-state index in [2.05, 4.69) is 15.5 Å². The highest BCUT2D eigenvalue weighted by atomic mass is 16.5. The lowest BCUT2D eigenvalue weighted by Crippen LogP contribution is -2.46. The Morgan fingerprint density at radius 3 is 2.58 bits per heavy atom. The van der Waals surface area contributed by atoms with E-state index in [9.17, 15) is 9.59 Å². The number of carbonyl (C=O) groups excluding carboxylic acids is 2. The molecule has 1 aliphatic heterocycles. The number of amides is 2. The van der Waals surface area contributed by atoms with Crippen LogP contribution in [0.4, 0.5) is 5.82 Å². The Kier molecular flexibility index (Phi) is 5.62. The van der Waals surface area contributed by atoms with E-state index in [1.807, 2.05) is 29.2 Å². The number of ether oxygens (including phenoxy) is 1. The zero-order chi connectivity index (χ0) is 18.4. The summed E-state index contributed by atoms with van der Waals surface area (Å²) in [6, 6.07) is 11.0. The van der Waals surface area contributed by atoms with Crippen LogP contribution in [0.5, 0.6) is 5.75 Å². The Morgan fingerprint density at radius 2 is 1.92 bits per heavy atom. The first-order chi connectivity index (χ1) is 12.7. The lowest BCUT2D eigenvalue weighted by Gasteiger charge is -2.32. The van der Waals surface area contributed by atoms with Crippen LogP contribution in [0.1, 0.15) is 16.1 Å². The molecule has 0 saturated carbocycles. The number of hydrogen-bond acceptors (Lipinski definition) is 6. The molecule has 8 heteroatoms. The summed E-state index contributed by atoms with van der Waals surface area (Å²) in [5.74, 6) is 1.14. The molecule has 1 N–H and O–H groups in total. The molecule has 2 amide bonds. The normalized spacial score (nSPS) is 14.0. The molecule has 0 aliphatic carbocycles. The average Bonchev–Trinajstić information content (AvgIpc) is 2.72. The summed E-state index contributed by atoms with van der Waals surface area (Å²) in [6.07, 6.45) is 0.859. The fourth-order valence-electron chi connectivity index (χ4n) is 2.79. The van der Waals surface area contributed by atoms with Crippen LogP contribution in [0.2, 0.25) is 0 Å². The summed E-state index contributed by atoms with van der Waals surface area (Å²) >= 11 is 0. The summed E-state index contributed by atoms with van der Waals surface area (Å²) < 4.78 is 5.27. The smallest absolute Gasteiger partial charge is 0.272 e. The van der Waals surface area contributed by atoms with E-state index in [4.69, 9.17) is 4.74 Å². The minimum absolute atomic E-state index is 0.259. The second kappa shape index (κ2) is 8.28. The summed E-state index contributed by atoms with van der Waals surface area (Å²) in [5.41, 5.74) is 1.15. The van der Waals surface area contributed by atoms with Gasteiger partial charge < -0.3 is 19.9 Å². The lowest BCUT2D eigenvalue weighted by molar-refractivity contribution is -0.118. The average molecular weight is 355 g/mol. The van der Waals surface area contributed by atoms with Crippen LogP contribution in [0.15, 0.2) is 36.4 Å². The third-order valence-electron chi connectivity index (χ3n) is 4.30. The molecule has 0 unspecified atom stereocenters. The summed E-state index contributed by atoms with van der Waals surface area (Å²) in [5, 5.41) is 11.0. The number of nitrogens with one attached hydrogen (secondary N) is 1. The fourth-order valence-corrected chi connectivity index (χ4v) is 2.79. The Hall–Kier alpha value is -3.16. The number of anilines is 1. The Bertz CT molecular complexity index is 758. The molecule has 0 bridgehead atoms. The van der Waals surface area contributed by atoms with Crippen LogP contribution in [0.3, 0.4) is 0 Å². The van der Waals surface area contributed by atoms with Crippen molar-refractivity contribution in [3.63, 3.8) is 0 Å². The monoisotopic (exact) mass is 355 g/mol. The highest BCUT2D eigenvalue weighted by molar-refractivity contribution is 5.92. The summed E-state index contributed by atoms with van der Waals surface area (Å²) in [4.78, 5) is 26.8. The van der Waals surface area contributed by atoms with Crippen molar-refractivity contribution < 1.29 is 14.3 Å². The van der Waals surface area contributed by atoms with E-state index in [0.717, 1.165) is 17.7 Å². The van der Waals surface area contributed by atoms with Crippen molar-refractivity contribution >= 4 is 18.1 Å². The number of carbonyl (C=O) groups is 2. The zero-order valence-corrected chi connectivity index (χ0v) is 14.6. The Labute approximate surface area is 151 Å². The molecular weight excluding hydrogens is 334 g/mol. The second-order valence-corrected chi connectivity index (χ2v) is 5.90. The summed E-state index contributed by atoms with van der Waals surface area (Å²) in [7, 11) is 1.60. The van der Waals surface area contributed by atoms with E-state index in [1.54, 1.807) is 24.1 Å². The largest absolute Gasteiger partial charge is 0.496 e. The standard InChI is InChI=1S/C18H21N5O3/c1-26-16-5-3-2-4-14(16)12-19-18(25)15-6-7-17(21-20-15)23-10-8-22(13-24)9-11-23/h2-7,13H,8-12H2,1H3,(H,19,25). The third-order valence-corrected chi connectivity index (χ3v) is 4.30. The second-order valence-electron chi connectivity index (χ2n) is 5.90. The van der Waals surface area contributed by atoms with Gasteiger partial charge in [0.05, 0.1) is 7.11 Å². The Balaban J connectivity index is 1.58. The van der Waals surface area contributed by atoms with Gasteiger partial charge in [0.1, 0.15) is 5.75 Å². The van der Waals surface area contributed by atoms with Crippen LogP contribution in [0, 0.1) is 0 Å². The third kappa shape index (κ3) is 4.08. The molecule has 1 fully saturated rings. The number of aromatic nitrogens is 2. The predicted octanol–water partition coefficient (Wildman–Crippen LogP) is 0.694. The number of piperazine rings is 1. The number of rotatable bonds is 6. The molecule has 1 aromatic heterocycles. The van der Waals surface area contributed by atoms with E-state index in [0.29, 0.717) is 38.5 Å².